The van der Waals surface area contributed by atoms with E-state index in [1.165, 1.54) is 0 Å². The molecule has 2 aromatic rings. The molecule has 0 spiro atoms. The average Bonchev–Trinajstić information content (AvgIpc) is 2.64. The van der Waals surface area contributed by atoms with Crippen LogP contribution in [-0.4, -0.2) is 30.1 Å². The van der Waals surface area contributed by atoms with Crippen LogP contribution in [0.25, 0.3) is 0 Å². The molecular formula is C20H23NO5. The van der Waals surface area contributed by atoms with E-state index in [1.807, 2.05) is 30.3 Å². The van der Waals surface area contributed by atoms with Crippen molar-refractivity contribution in [2.45, 2.75) is 20.5 Å². The van der Waals surface area contributed by atoms with Gasteiger partial charge in [-0.05, 0) is 43.7 Å². The van der Waals surface area contributed by atoms with Crippen molar-refractivity contribution < 1.29 is 24.2 Å². The molecule has 0 unspecified atom stereocenters. The number of aliphatic carboxylic acids is 1. The van der Waals surface area contributed by atoms with Crippen molar-refractivity contribution in [3.8, 4) is 11.5 Å². The van der Waals surface area contributed by atoms with E-state index in [4.69, 9.17) is 14.6 Å². The standard InChI is InChI=1S/C20H23NO5/c1-20(2,19(23)24)14-21-18(22)13-26-17-10-8-16(9-11-17)25-12-15-6-4-3-5-7-15/h3-11H,12-14H2,1-2H3,(H,21,22)(H,23,24). The Morgan fingerprint density at radius 3 is 2.12 bits per heavy atom. The molecule has 0 saturated carbocycles. The monoisotopic (exact) mass is 357 g/mol. The molecule has 0 saturated heterocycles. The Balaban J connectivity index is 1.75. The Morgan fingerprint density at radius 2 is 1.54 bits per heavy atom. The normalized spacial score (nSPS) is 10.8. The molecule has 0 atom stereocenters. The summed E-state index contributed by atoms with van der Waals surface area (Å²) in [7, 11) is 0. The molecule has 0 heterocycles. The van der Waals surface area contributed by atoms with E-state index in [1.54, 1.807) is 38.1 Å². The predicted molar refractivity (Wildman–Crippen MR) is 97.1 cm³/mol. The maximum absolute atomic E-state index is 11.8. The molecule has 26 heavy (non-hydrogen) atoms. The highest BCUT2D eigenvalue weighted by molar-refractivity contribution is 5.79. The molecule has 0 aliphatic heterocycles. The van der Waals surface area contributed by atoms with Crippen LogP contribution in [0, 0.1) is 5.41 Å². The fraction of sp³-hybridized carbons (Fsp3) is 0.300. The number of carboxylic acids is 1. The van der Waals surface area contributed by atoms with Gasteiger partial charge in [-0.15, -0.1) is 0 Å². The van der Waals surface area contributed by atoms with E-state index < -0.39 is 11.4 Å². The first-order chi connectivity index (χ1) is 12.4. The van der Waals surface area contributed by atoms with Gasteiger partial charge in [-0.2, -0.15) is 0 Å². The Morgan fingerprint density at radius 1 is 0.962 bits per heavy atom. The van der Waals surface area contributed by atoms with Crippen molar-refractivity contribution in [1.29, 1.82) is 0 Å². The van der Waals surface area contributed by atoms with E-state index in [0.717, 1.165) is 5.56 Å². The lowest BCUT2D eigenvalue weighted by Gasteiger charge is -2.19. The molecule has 2 aromatic carbocycles. The Bertz CT molecular complexity index is 726. The van der Waals surface area contributed by atoms with Crippen molar-refractivity contribution in [2.24, 2.45) is 5.41 Å². The number of rotatable bonds is 9. The number of hydrogen-bond acceptors (Lipinski definition) is 4. The molecular weight excluding hydrogens is 334 g/mol. The third-order valence-corrected chi connectivity index (χ3v) is 3.75. The summed E-state index contributed by atoms with van der Waals surface area (Å²) in [4.78, 5) is 22.8. The van der Waals surface area contributed by atoms with Gasteiger partial charge in [0, 0.05) is 6.54 Å². The molecule has 0 aliphatic rings. The van der Waals surface area contributed by atoms with E-state index in [2.05, 4.69) is 5.32 Å². The van der Waals surface area contributed by atoms with Gasteiger partial charge in [0.25, 0.3) is 5.91 Å². The van der Waals surface area contributed by atoms with Gasteiger partial charge in [-0.3, -0.25) is 9.59 Å². The minimum atomic E-state index is -1.02. The first-order valence-corrected chi connectivity index (χ1v) is 8.26. The minimum absolute atomic E-state index is 0.0385. The maximum atomic E-state index is 11.8. The van der Waals surface area contributed by atoms with Crippen LogP contribution in [-0.2, 0) is 16.2 Å². The molecule has 2 N–H and O–H groups in total. The lowest BCUT2D eigenvalue weighted by atomic mass is 9.94. The zero-order chi connectivity index (χ0) is 19.0. The topological polar surface area (TPSA) is 84.9 Å². The van der Waals surface area contributed by atoms with Crippen LogP contribution >= 0.6 is 0 Å². The highest BCUT2D eigenvalue weighted by Crippen LogP contribution is 2.19. The summed E-state index contributed by atoms with van der Waals surface area (Å²) >= 11 is 0. The molecule has 6 nitrogen and oxygen atoms in total. The number of carboxylic acid groups (broad SMARTS) is 1. The quantitative estimate of drug-likeness (QED) is 0.721. The molecule has 6 heteroatoms. The average molecular weight is 357 g/mol. The van der Waals surface area contributed by atoms with Gasteiger partial charge in [0.1, 0.15) is 18.1 Å². The Hall–Kier alpha value is -3.02. The van der Waals surface area contributed by atoms with Crippen molar-refractivity contribution in [3.05, 3.63) is 60.2 Å². The van der Waals surface area contributed by atoms with Crippen LogP contribution in [0.5, 0.6) is 11.5 Å². The highest BCUT2D eigenvalue weighted by atomic mass is 16.5. The summed E-state index contributed by atoms with van der Waals surface area (Å²) in [5.41, 5.74) is 0.0571. The summed E-state index contributed by atoms with van der Waals surface area (Å²) in [6.45, 7) is 3.43. The van der Waals surface area contributed by atoms with Crippen LogP contribution in [0.4, 0.5) is 0 Å². The van der Waals surface area contributed by atoms with Crippen LogP contribution in [0.3, 0.4) is 0 Å². The number of ether oxygens (including phenoxy) is 2. The van der Waals surface area contributed by atoms with Crippen molar-refractivity contribution in [3.63, 3.8) is 0 Å². The molecule has 0 aromatic heterocycles. The number of carbonyl (C=O) groups excluding carboxylic acids is 1. The van der Waals surface area contributed by atoms with Gasteiger partial charge >= 0.3 is 5.97 Å². The van der Waals surface area contributed by atoms with Crippen molar-refractivity contribution >= 4 is 11.9 Å². The molecule has 138 valence electrons. The number of benzene rings is 2. The molecule has 2 rings (SSSR count). The van der Waals surface area contributed by atoms with Gasteiger partial charge < -0.3 is 19.9 Å². The number of hydrogen-bond donors (Lipinski definition) is 2. The van der Waals surface area contributed by atoms with E-state index in [9.17, 15) is 9.59 Å². The largest absolute Gasteiger partial charge is 0.489 e. The van der Waals surface area contributed by atoms with Gasteiger partial charge in [0.2, 0.25) is 0 Å². The smallest absolute Gasteiger partial charge is 0.310 e. The van der Waals surface area contributed by atoms with Gasteiger partial charge in [-0.25, -0.2) is 0 Å². The van der Waals surface area contributed by atoms with Crippen LogP contribution in [0.1, 0.15) is 19.4 Å². The zero-order valence-electron chi connectivity index (χ0n) is 14.9. The highest BCUT2D eigenvalue weighted by Gasteiger charge is 2.27. The number of nitrogens with one attached hydrogen (secondary N) is 1. The fourth-order valence-electron chi connectivity index (χ4n) is 1.97. The fourth-order valence-corrected chi connectivity index (χ4v) is 1.97. The SMILES string of the molecule is CC(C)(CNC(=O)COc1ccc(OCc2ccccc2)cc1)C(=O)O. The van der Waals surface area contributed by atoms with Crippen LogP contribution in [0.2, 0.25) is 0 Å². The van der Waals surface area contributed by atoms with E-state index in [-0.39, 0.29) is 19.1 Å². The summed E-state index contributed by atoms with van der Waals surface area (Å²) in [6.07, 6.45) is 0. The second-order valence-corrected chi connectivity index (χ2v) is 6.50. The summed E-state index contributed by atoms with van der Waals surface area (Å²) in [5, 5.41) is 11.6. The summed E-state index contributed by atoms with van der Waals surface area (Å²) < 4.78 is 11.1. The zero-order valence-corrected chi connectivity index (χ0v) is 14.9. The second kappa shape index (κ2) is 8.89. The molecule has 0 aliphatic carbocycles. The third kappa shape index (κ3) is 6.12. The first-order valence-electron chi connectivity index (χ1n) is 8.26. The van der Waals surface area contributed by atoms with E-state index in [0.29, 0.717) is 18.1 Å². The van der Waals surface area contributed by atoms with Gasteiger partial charge in [0.05, 0.1) is 5.41 Å². The molecule has 1 amide bonds. The lowest BCUT2D eigenvalue weighted by Crippen LogP contribution is -2.40. The van der Waals surface area contributed by atoms with Crippen molar-refractivity contribution in [1.82, 2.24) is 5.32 Å². The maximum Gasteiger partial charge on any atom is 0.310 e. The van der Waals surface area contributed by atoms with Crippen LogP contribution in [0.15, 0.2) is 54.6 Å². The number of amides is 1. The Kier molecular flexibility index (Phi) is 6.60. The molecule has 0 fully saturated rings. The van der Waals surface area contributed by atoms with Crippen molar-refractivity contribution in [2.75, 3.05) is 13.2 Å². The second-order valence-electron chi connectivity index (χ2n) is 6.50. The van der Waals surface area contributed by atoms with Crippen LogP contribution < -0.4 is 14.8 Å². The molecule has 0 bridgehead atoms. The van der Waals surface area contributed by atoms with Gasteiger partial charge in [-0.1, -0.05) is 30.3 Å². The van der Waals surface area contributed by atoms with E-state index >= 15 is 0 Å². The van der Waals surface area contributed by atoms with Gasteiger partial charge in [0.15, 0.2) is 6.61 Å². The first kappa shape index (κ1) is 19.3. The summed E-state index contributed by atoms with van der Waals surface area (Å²) in [6, 6.07) is 16.8. The Labute approximate surface area is 152 Å². The molecule has 0 radical (unpaired) electrons. The predicted octanol–water partition coefficient (Wildman–Crippen LogP) is 2.87. The summed E-state index contributed by atoms with van der Waals surface area (Å²) in [5.74, 6) is -0.105. The lowest BCUT2D eigenvalue weighted by molar-refractivity contribution is -0.146. The third-order valence-electron chi connectivity index (χ3n) is 3.75. The number of carbonyl (C=O) groups is 2. The minimum Gasteiger partial charge on any atom is -0.489 e.